The monoisotopic (exact) mass is 260 g/mol. The second-order valence-electron chi connectivity index (χ2n) is 4.24. The summed E-state index contributed by atoms with van der Waals surface area (Å²) in [4.78, 5) is 0. The predicted octanol–water partition coefficient (Wildman–Crippen LogP) is 3.29. The first-order chi connectivity index (χ1) is 8.81. The lowest BCUT2D eigenvalue weighted by atomic mass is 9.87. The van der Waals surface area contributed by atoms with E-state index < -0.39 is 0 Å². The van der Waals surface area contributed by atoms with Crippen molar-refractivity contribution in [3.63, 3.8) is 0 Å². The van der Waals surface area contributed by atoms with Crippen LogP contribution in [-0.2, 0) is 12.8 Å². The molecule has 3 rings (SSSR count). The number of fused-ring (bicyclic) bond motifs is 3. The molecule has 0 atom stereocenters. The number of halogens is 1. The number of benzene rings is 1. The normalized spacial score (nSPS) is 12.8. The van der Waals surface area contributed by atoms with E-state index >= 15 is 0 Å². The molecule has 0 N–H and O–H groups in total. The zero-order valence-corrected chi connectivity index (χ0v) is 10.9. The molecule has 1 aromatic carbocycles. The van der Waals surface area contributed by atoms with E-state index in [1.807, 2.05) is 13.0 Å². The summed E-state index contributed by atoms with van der Waals surface area (Å²) in [5.41, 5.74) is 4.54. The number of aromatic nitrogens is 2. The Balaban J connectivity index is 2.26. The van der Waals surface area contributed by atoms with Crippen molar-refractivity contribution in [3.8, 4) is 17.0 Å². The average molecular weight is 261 g/mol. The van der Waals surface area contributed by atoms with Crippen LogP contribution in [0.25, 0.3) is 11.1 Å². The maximum atomic E-state index is 6.15. The summed E-state index contributed by atoms with van der Waals surface area (Å²) in [5.74, 6) is 0.587. The van der Waals surface area contributed by atoms with Gasteiger partial charge in [-0.25, -0.2) is 0 Å². The molecule has 0 radical (unpaired) electrons. The largest absolute Gasteiger partial charge is 0.476 e. The van der Waals surface area contributed by atoms with Crippen LogP contribution >= 0.6 is 11.6 Å². The zero-order chi connectivity index (χ0) is 12.5. The predicted molar refractivity (Wildman–Crippen MR) is 71.1 cm³/mol. The van der Waals surface area contributed by atoms with Gasteiger partial charge in [-0.2, -0.15) is 0 Å². The van der Waals surface area contributed by atoms with Crippen molar-refractivity contribution in [1.29, 1.82) is 0 Å². The highest BCUT2D eigenvalue weighted by molar-refractivity contribution is 6.30. The van der Waals surface area contributed by atoms with E-state index in [2.05, 4.69) is 28.4 Å². The Morgan fingerprint density at radius 2 is 2.06 bits per heavy atom. The average Bonchev–Trinajstić information content (AvgIpc) is 2.41. The van der Waals surface area contributed by atoms with Gasteiger partial charge in [0, 0.05) is 5.56 Å². The van der Waals surface area contributed by atoms with Gasteiger partial charge < -0.3 is 4.74 Å². The number of rotatable bonds is 2. The van der Waals surface area contributed by atoms with Gasteiger partial charge in [-0.1, -0.05) is 35.9 Å². The summed E-state index contributed by atoms with van der Waals surface area (Å²) in [7, 11) is 0. The lowest BCUT2D eigenvalue weighted by molar-refractivity contribution is 0.323. The van der Waals surface area contributed by atoms with Gasteiger partial charge in [-0.15, -0.1) is 10.2 Å². The first-order valence-corrected chi connectivity index (χ1v) is 6.45. The van der Waals surface area contributed by atoms with Crippen LogP contribution in [0.2, 0.25) is 5.15 Å². The summed E-state index contributed by atoms with van der Waals surface area (Å²) in [6.07, 6.45) is 1.88. The van der Waals surface area contributed by atoms with Crippen LogP contribution in [-0.4, -0.2) is 16.8 Å². The lowest BCUT2D eigenvalue weighted by Gasteiger charge is -2.21. The Labute approximate surface area is 111 Å². The minimum absolute atomic E-state index is 0.489. The summed E-state index contributed by atoms with van der Waals surface area (Å²) >= 11 is 6.15. The zero-order valence-electron chi connectivity index (χ0n) is 10.1. The van der Waals surface area contributed by atoms with E-state index in [1.165, 1.54) is 11.1 Å². The molecule has 92 valence electrons. The molecule has 3 nitrogen and oxygen atoms in total. The molecule has 0 fully saturated rings. The number of hydrogen-bond acceptors (Lipinski definition) is 3. The summed E-state index contributed by atoms with van der Waals surface area (Å²) < 4.78 is 5.58. The molecule has 0 unspecified atom stereocenters. The van der Waals surface area contributed by atoms with Gasteiger partial charge in [0.25, 0.3) is 0 Å². The molecule has 0 spiro atoms. The van der Waals surface area contributed by atoms with Crippen LogP contribution in [0.3, 0.4) is 0 Å². The first kappa shape index (κ1) is 11.5. The SMILES string of the molecule is CCOc1nnc(Cl)c2c1-c1ccccc1CC2. The van der Waals surface area contributed by atoms with E-state index in [0.717, 1.165) is 24.0 Å². The second kappa shape index (κ2) is 4.58. The van der Waals surface area contributed by atoms with Gasteiger partial charge >= 0.3 is 0 Å². The highest BCUT2D eigenvalue weighted by Gasteiger charge is 2.23. The van der Waals surface area contributed by atoms with Crippen molar-refractivity contribution in [2.24, 2.45) is 0 Å². The lowest BCUT2D eigenvalue weighted by Crippen LogP contribution is -2.09. The highest BCUT2D eigenvalue weighted by Crippen LogP contribution is 2.40. The van der Waals surface area contributed by atoms with Crippen LogP contribution in [0, 0.1) is 0 Å². The molecule has 0 amide bonds. The Morgan fingerprint density at radius 3 is 2.89 bits per heavy atom. The molecule has 1 aliphatic rings. The highest BCUT2D eigenvalue weighted by atomic mass is 35.5. The molecule has 1 heterocycles. The molecule has 2 aromatic rings. The third-order valence-corrected chi connectivity index (χ3v) is 3.51. The standard InChI is InChI=1S/C14H13ClN2O/c1-2-18-14-12-10-6-4-3-5-9(10)7-8-11(12)13(15)16-17-14/h3-6H,2,7-8H2,1H3. The molecule has 0 aliphatic heterocycles. The van der Waals surface area contributed by atoms with Crippen molar-refractivity contribution in [2.45, 2.75) is 19.8 Å². The van der Waals surface area contributed by atoms with Crippen molar-refractivity contribution in [3.05, 3.63) is 40.5 Å². The molecule has 0 saturated heterocycles. The van der Waals surface area contributed by atoms with Crippen molar-refractivity contribution < 1.29 is 4.74 Å². The molecule has 0 bridgehead atoms. The number of ether oxygens (including phenoxy) is 1. The van der Waals surface area contributed by atoms with Crippen LogP contribution < -0.4 is 4.74 Å². The first-order valence-electron chi connectivity index (χ1n) is 6.07. The number of hydrogen-bond donors (Lipinski definition) is 0. The van der Waals surface area contributed by atoms with Crippen molar-refractivity contribution in [1.82, 2.24) is 10.2 Å². The molecule has 1 aromatic heterocycles. The van der Waals surface area contributed by atoms with Gasteiger partial charge in [-0.05, 0) is 30.9 Å². The van der Waals surface area contributed by atoms with Crippen LogP contribution in [0.4, 0.5) is 0 Å². The number of aryl methyl sites for hydroxylation is 1. The minimum atomic E-state index is 0.489. The topological polar surface area (TPSA) is 35.0 Å². The van der Waals surface area contributed by atoms with Gasteiger partial charge in [0.15, 0.2) is 5.15 Å². The van der Waals surface area contributed by atoms with Crippen molar-refractivity contribution in [2.75, 3.05) is 6.61 Å². The van der Waals surface area contributed by atoms with E-state index in [0.29, 0.717) is 17.6 Å². The third kappa shape index (κ3) is 1.75. The van der Waals surface area contributed by atoms with Gasteiger partial charge in [-0.3, -0.25) is 0 Å². The third-order valence-electron chi connectivity index (χ3n) is 3.21. The Kier molecular flexibility index (Phi) is 2.92. The maximum Gasteiger partial charge on any atom is 0.241 e. The summed E-state index contributed by atoms with van der Waals surface area (Å²) in [6.45, 7) is 2.52. The summed E-state index contributed by atoms with van der Waals surface area (Å²) in [6, 6.07) is 8.31. The summed E-state index contributed by atoms with van der Waals surface area (Å²) in [5, 5.41) is 8.54. The second-order valence-corrected chi connectivity index (χ2v) is 4.60. The molecule has 18 heavy (non-hydrogen) atoms. The Bertz CT molecular complexity index is 598. The van der Waals surface area contributed by atoms with E-state index in [-0.39, 0.29) is 0 Å². The molecular weight excluding hydrogens is 248 g/mol. The van der Waals surface area contributed by atoms with E-state index in [4.69, 9.17) is 16.3 Å². The van der Waals surface area contributed by atoms with Crippen LogP contribution in [0.1, 0.15) is 18.1 Å². The fourth-order valence-electron chi connectivity index (χ4n) is 2.42. The quantitative estimate of drug-likeness (QED) is 0.831. The van der Waals surface area contributed by atoms with Gasteiger partial charge in [0.1, 0.15) is 0 Å². The van der Waals surface area contributed by atoms with Gasteiger partial charge in [0.05, 0.1) is 12.2 Å². The maximum absolute atomic E-state index is 6.15. The minimum Gasteiger partial charge on any atom is -0.476 e. The smallest absolute Gasteiger partial charge is 0.241 e. The molecule has 0 saturated carbocycles. The fourth-order valence-corrected chi connectivity index (χ4v) is 2.64. The fraction of sp³-hybridized carbons (Fsp3) is 0.286. The van der Waals surface area contributed by atoms with Crippen LogP contribution in [0.5, 0.6) is 5.88 Å². The van der Waals surface area contributed by atoms with Crippen LogP contribution in [0.15, 0.2) is 24.3 Å². The molecule has 1 aliphatic carbocycles. The van der Waals surface area contributed by atoms with Crippen molar-refractivity contribution >= 4 is 11.6 Å². The Morgan fingerprint density at radius 1 is 1.22 bits per heavy atom. The molecular formula is C14H13ClN2O. The van der Waals surface area contributed by atoms with Gasteiger partial charge in [0.2, 0.25) is 5.88 Å². The number of nitrogens with zero attached hydrogens (tertiary/aromatic N) is 2. The van der Waals surface area contributed by atoms with E-state index in [1.54, 1.807) is 0 Å². The molecule has 4 heteroatoms. The van der Waals surface area contributed by atoms with E-state index in [9.17, 15) is 0 Å². The Hall–Kier alpha value is -1.61.